The van der Waals surface area contributed by atoms with Gasteiger partial charge in [0.15, 0.2) is 5.82 Å². The molecule has 0 spiro atoms. The van der Waals surface area contributed by atoms with Crippen LogP contribution in [0.15, 0.2) is 55.0 Å². The molecule has 1 aliphatic rings. The number of carbonyl (C=O) groups is 1. The summed E-state index contributed by atoms with van der Waals surface area (Å²) in [5.74, 6) is 0.139. The average Bonchev–Trinajstić information content (AvgIpc) is 2.85. The van der Waals surface area contributed by atoms with Gasteiger partial charge < -0.3 is 15.0 Å². The van der Waals surface area contributed by atoms with E-state index in [1.54, 1.807) is 30.7 Å². The van der Waals surface area contributed by atoms with Gasteiger partial charge in [0.1, 0.15) is 18.2 Å². The minimum atomic E-state index is -0.446. The summed E-state index contributed by atoms with van der Waals surface area (Å²) in [6.07, 6.45) is 4.90. The number of hydrogen-bond acceptors (Lipinski definition) is 7. The van der Waals surface area contributed by atoms with Gasteiger partial charge in [-0.1, -0.05) is 6.07 Å². The maximum atomic E-state index is 14.7. The maximum absolute atomic E-state index is 14.7. The van der Waals surface area contributed by atoms with Gasteiger partial charge in [-0.25, -0.2) is 14.4 Å². The van der Waals surface area contributed by atoms with Crippen LogP contribution < -0.4 is 10.1 Å². The van der Waals surface area contributed by atoms with Crippen molar-refractivity contribution in [3.8, 4) is 17.1 Å². The van der Waals surface area contributed by atoms with Gasteiger partial charge in [-0.05, 0) is 36.9 Å². The summed E-state index contributed by atoms with van der Waals surface area (Å²) in [7, 11) is 2.12. The molecule has 0 atom stereocenters. The molecule has 2 aromatic heterocycles. The molecule has 0 unspecified atom stereocenters. The van der Waals surface area contributed by atoms with Crippen molar-refractivity contribution in [1.82, 2.24) is 30.1 Å². The third-order valence-electron chi connectivity index (χ3n) is 5.72. The number of piperazine rings is 1. The van der Waals surface area contributed by atoms with Crippen molar-refractivity contribution in [3.05, 3.63) is 72.1 Å². The molecule has 1 N–H and O–H groups in total. The Labute approximate surface area is 198 Å². The number of nitrogens with zero attached hydrogens (tertiary/aromatic N) is 5. The van der Waals surface area contributed by atoms with Gasteiger partial charge in [-0.3, -0.25) is 14.7 Å². The zero-order valence-electron chi connectivity index (χ0n) is 19.3. The standard InChI is InChI=1S/C25H29FN6O2/c1-31-8-10-32(11-9-31)12-13-34-21-5-6-22(23(26)15-21)25-29-16-19(17-30-25)14-24(33)28-18-20-4-2-3-7-27-20/h2-7,15-17H,8-14,18H2,1H3,(H,28,33). The van der Waals surface area contributed by atoms with Crippen molar-refractivity contribution in [3.63, 3.8) is 0 Å². The lowest BCUT2D eigenvalue weighted by Crippen LogP contribution is -2.45. The van der Waals surface area contributed by atoms with E-state index in [9.17, 15) is 9.18 Å². The van der Waals surface area contributed by atoms with Gasteiger partial charge in [0, 0.05) is 57.4 Å². The van der Waals surface area contributed by atoms with E-state index in [0.717, 1.165) is 38.4 Å². The van der Waals surface area contributed by atoms with Gasteiger partial charge in [-0.2, -0.15) is 0 Å². The van der Waals surface area contributed by atoms with Crippen LogP contribution in [0.25, 0.3) is 11.4 Å². The second-order valence-electron chi connectivity index (χ2n) is 8.32. The third-order valence-corrected chi connectivity index (χ3v) is 5.72. The first kappa shape index (κ1) is 23.7. The normalized spacial score (nSPS) is 14.6. The lowest BCUT2D eigenvalue weighted by atomic mass is 10.1. The fraction of sp³-hybridized carbons (Fsp3) is 0.360. The molecule has 3 heterocycles. The molecule has 9 heteroatoms. The van der Waals surface area contributed by atoms with Gasteiger partial charge in [0.05, 0.1) is 24.2 Å². The summed E-state index contributed by atoms with van der Waals surface area (Å²) in [6.45, 7) is 5.83. The quantitative estimate of drug-likeness (QED) is 0.520. The van der Waals surface area contributed by atoms with E-state index in [1.807, 2.05) is 18.2 Å². The molecule has 1 amide bonds. The molecule has 1 aliphatic heterocycles. The molecule has 4 rings (SSSR count). The van der Waals surface area contributed by atoms with Gasteiger partial charge >= 0.3 is 0 Å². The fourth-order valence-corrected chi connectivity index (χ4v) is 3.66. The summed E-state index contributed by atoms with van der Waals surface area (Å²) in [5.41, 5.74) is 1.72. The van der Waals surface area contributed by atoms with Crippen LogP contribution in [0.1, 0.15) is 11.3 Å². The van der Waals surface area contributed by atoms with Crippen LogP contribution in [0.5, 0.6) is 5.75 Å². The number of benzene rings is 1. The van der Waals surface area contributed by atoms with Crippen molar-refractivity contribution >= 4 is 5.91 Å². The monoisotopic (exact) mass is 464 g/mol. The third kappa shape index (κ3) is 6.79. The van der Waals surface area contributed by atoms with Gasteiger partial charge in [0.25, 0.3) is 0 Å². The smallest absolute Gasteiger partial charge is 0.224 e. The summed E-state index contributed by atoms with van der Waals surface area (Å²) in [6, 6.07) is 10.2. The van der Waals surface area contributed by atoms with Crippen molar-refractivity contribution in [2.75, 3.05) is 46.4 Å². The Kier molecular flexibility index (Phi) is 8.11. The highest BCUT2D eigenvalue weighted by Crippen LogP contribution is 2.23. The lowest BCUT2D eigenvalue weighted by Gasteiger charge is -2.32. The van der Waals surface area contributed by atoms with Crippen molar-refractivity contribution in [1.29, 1.82) is 0 Å². The Balaban J connectivity index is 1.26. The van der Waals surface area contributed by atoms with E-state index in [4.69, 9.17) is 4.74 Å². The topological polar surface area (TPSA) is 83.5 Å². The molecular formula is C25H29FN6O2. The molecule has 8 nitrogen and oxygen atoms in total. The molecule has 178 valence electrons. The summed E-state index contributed by atoms with van der Waals surface area (Å²) < 4.78 is 20.4. The highest BCUT2D eigenvalue weighted by atomic mass is 19.1. The highest BCUT2D eigenvalue weighted by molar-refractivity contribution is 5.78. The van der Waals surface area contributed by atoms with Crippen molar-refractivity contribution in [2.45, 2.75) is 13.0 Å². The van der Waals surface area contributed by atoms with E-state index in [-0.39, 0.29) is 23.7 Å². The molecule has 0 bridgehead atoms. The second kappa shape index (κ2) is 11.6. The number of carbonyl (C=O) groups excluding carboxylic acids is 1. The zero-order valence-corrected chi connectivity index (χ0v) is 19.3. The zero-order chi connectivity index (χ0) is 23.8. The van der Waals surface area contributed by atoms with Crippen LogP contribution in [0.2, 0.25) is 0 Å². The Hall–Kier alpha value is -3.43. The number of ether oxygens (including phenoxy) is 1. The number of nitrogens with one attached hydrogen (secondary N) is 1. The Morgan fingerprint density at radius 2 is 1.88 bits per heavy atom. The summed E-state index contributed by atoms with van der Waals surface area (Å²) >= 11 is 0. The molecule has 1 aromatic carbocycles. The van der Waals surface area contributed by atoms with Gasteiger partial charge in [0.2, 0.25) is 5.91 Å². The molecule has 3 aromatic rings. The largest absolute Gasteiger partial charge is 0.492 e. The molecule has 0 saturated carbocycles. The van der Waals surface area contributed by atoms with Gasteiger partial charge in [-0.15, -0.1) is 0 Å². The summed E-state index contributed by atoms with van der Waals surface area (Å²) in [4.78, 5) is 29.5. The predicted octanol–water partition coefficient (Wildman–Crippen LogP) is 2.16. The molecule has 1 fully saturated rings. The molecule has 0 radical (unpaired) electrons. The second-order valence-corrected chi connectivity index (χ2v) is 8.32. The predicted molar refractivity (Wildman–Crippen MR) is 127 cm³/mol. The van der Waals surface area contributed by atoms with Crippen LogP contribution in [0, 0.1) is 5.82 Å². The maximum Gasteiger partial charge on any atom is 0.224 e. The number of rotatable bonds is 9. The Bertz CT molecular complexity index is 1070. The fourth-order valence-electron chi connectivity index (χ4n) is 3.66. The van der Waals surface area contributed by atoms with E-state index in [0.29, 0.717) is 24.5 Å². The molecule has 1 saturated heterocycles. The van der Waals surface area contributed by atoms with Crippen LogP contribution >= 0.6 is 0 Å². The molecule has 0 aliphatic carbocycles. The van der Waals surface area contributed by atoms with Crippen LogP contribution in [-0.4, -0.2) is 77.0 Å². The van der Waals surface area contributed by atoms with E-state index < -0.39 is 5.82 Å². The Morgan fingerprint density at radius 3 is 2.59 bits per heavy atom. The van der Waals surface area contributed by atoms with Crippen LogP contribution in [-0.2, 0) is 17.8 Å². The number of aromatic nitrogens is 3. The van der Waals surface area contributed by atoms with E-state index >= 15 is 0 Å². The summed E-state index contributed by atoms with van der Waals surface area (Å²) in [5, 5.41) is 2.81. The molecular weight excluding hydrogens is 435 g/mol. The van der Waals surface area contributed by atoms with Crippen LogP contribution in [0.4, 0.5) is 4.39 Å². The number of amides is 1. The van der Waals surface area contributed by atoms with Crippen molar-refractivity contribution in [2.24, 2.45) is 0 Å². The first-order valence-corrected chi connectivity index (χ1v) is 11.4. The van der Waals surface area contributed by atoms with Crippen molar-refractivity contribution < 1.29 is 13.9 Å². The number of hydrogen-bond donors (Lipinski definition) is 1. The Morgan fingerprint density at radius 1 is 1.09 bits per heavy atom. The lowest BCUT2D eigenvalue weighted by molar-refractivity contribution is -0.120. The molecule has 34 heavy (non-hydrogen) atoms. The minimum Gasteiger partial charge on any atom is -0.492 e. The average molecular weight is 465 g/mol. The number of halogens is 1. The highest BCUT2D eigenvalue weighted by Gasteiger charge is 2.14. The number of likely N-dealkylation sites (N-methyl/N-ethyl adjacent to an activating group) is 1. The van der Waals surface area contributed by atoms with E-state index in [1.165, 1.54) is 6.07 Å². The first-order valence-electron chi connectivity index (χ1n) is 11.4. The number of pyridine rings is 1. The minimum absolute atomic E-state index is 0.135. The van der Waals surface area contributed by atoms with E-state index in [2.05, 4.69) is 37.1 Å². The SMILES string of the molecule is CN1CCN(CCOc2ccc(-c3ncc(CC(=O)NCc4ccccn4)cn3)c(F)c2)CC1. The van der Waals surface area contributed by atoms with Crippen LogP contribution in [0.3, 0.4) is 0 Å². The first-order chi connectivity index (χ1) is 16.6.